The molecule has 0 saturated heterocycles. The second-order valence-corrected chi connectivity index (χ2v) is 10.3. The number of carboxylic acid groups (broad SMARTS) is 1. The highest BCUT2D eigenvalue weighted by molar-refractivity contribution is 6.12. The lowest BCUT2D eigenvalue weighted by molar-refractivity contribution is -0.137. The SMILES string of the molecule is O=C(c1ccccc1)c1ccccc1NC(Cc1ccc(OCCN(Cc2ccccc2)C(=O)c2cnccn2)cc1)C(=O)O. The first-order valence-corrected chi connectivity index (χ1v) is 14.5. The standard InChI is InChI=1S/C36H32N4O5/c41-34(28-11-5-2-6-12-28)30-13-7-8-14-31(30)39-32(36(43)44)23-26-15-17-29(18-16-26)45-22-21-40(25-27-9-3-1-4-10-27)35(42)33-24-37-19-20-38-33/h1-20,24,32,39H,21-23,25H2,(H,43,44). The predicted octanol–water partition coefficient (Wildman–Crippen LogP) is 5.54. The van der Waals surface area contributed by atoms with Crippen LogP contribution in [0, 0.1) is 0 Å². The van der Waals surface area contributed by atoms with E-state index in [4.69, 9.17) is 4.74 Å². The molecule has 2 N–H and O–H groups in total. The molecule has 1 aromatic heterocycles. The average Bonchev–Trinajstić information content (AvgIpc) is 3.09. The van der Waals surface area contributed by atoms with Crippen molar-refractivity contribution in [3.05, 3.63) is 156 Å². The monoisotopic (exact) mass is 600 g/mol. The van der Waals surface area contributed by atoms with Crippen LogP contribution in [0.2, 0.25) is 0 Å². The fourth-order valence-corrected chi connectivity index (χ4v) is 4.80. The molecule has 5 rings (SSSR count). The van der Waals surface area contributed by atoms with E-state index in [9.17, 15) is 19.5 Å². The highest BCUT2D eigenvalue weighted by atomic mass is 16.5. The lowest BCUT2D eigenvalue weighted by atomic mass is 10.00. The number of ether oxygens (including phenoxy) is 1. The minimum atomic E-state index is -1.04. The van der Waals surface area contributed by atoms with Gasteiger partial charge in [-0.1, -0.05) is 84.9 Å². The molecule has 0 aliphatic rings. The van der Waals surface area contributed by atoms with Crippen molar-refractivity contribution in [1.29, 1.82) is 0 Å². The van der Waals surface area contributed by atoms with Crippen molar-refractivity contribution in [2.45, 2.75) is 19.0 Å². The number of benzene rings is 4. The number of carbonyl (C=O) groups excluding carboxylic acids is 2. The number of carboxylic acids is 1. The van der Waals surface area contributed by atoms with E-state index in [1.165, 1.54) is 18.6 Å². The Labute approximate surface area is 261 Å². The van der Waals surface area contributed by atoms with Gasteiger partial charge in [-0.15, -0.1) is 0 Å². The molecule has 45 heavy (non-hydrogen) atoms. The molecule has 5 aromatic rings. The van der Waals surface area contributed by atoms with E-state index in [2.05, 4.69) is 15.3 Å². The maximum Gasteiger partial charge on any atom is 0.326 e. The molecular formula is C36H32N4O5. The Bertz CT molecular complexity index is 1720. The Morgan fingerprint density at radius 3 is 2.18 bits per heavy atom. The number of carbonyl (C=O) groups is 3. The number of aromatic nitrogens is 2. The lowest BCUT2D eigenvalue weighted by Crippen LogP contribution is -2.34. The minimum Gasteiger partial charge on any atom is -0.492 e. The number of rotatable bonds is 14. The predicted molar refractivity (Wildman–Crippen MR) is 170 cm³/mol. The van der Waals surface area contributed by atoms with Crippen molar-refractivity contribution in [2.75, 3.05) is 18.5 Å². The smallest absolute Gasteiger partial charge is 0.326 e. The summed E-state index contributed by atoms with van der Waals surface area (Å²) >= 11 is 0. The summed E-state index contributed by atoms with van der Waals surface area (Å²) in [5, 5.41) is 13.0. The van der Waals surface area contributed by atoms with Crippen LogP contribution in [-0.4, -0.2) is 56.8 Å². The third kappa shape index (κ3) is 8.39. The van der Waals surface area contributed by atoms with E-state index < -0.39 is 12.0 Å². The van der Waals surface area contributed by atoms with Crippen molar-refractivity contribution in [1.82, 2.24) is 14.9 Å². The topological polar surface area (TPSA) is 122 Å². The summed E-state index contributed by atoms with van der Waals surface area (Å²) in [5.74, 6) is -0.886. The van der Waals surface area contributed by atoms with Gasteiger partial charge in [0, 0.05) is 42.2 Å². The van der Waals surface area contributed by atoms with Crippen molar-refractivity contribution >= 4 is 23.3 Å². The van der Waals surface area contributed by atoms with E-state index in [-0.39, 0.29) is 30.4 Å². The molecule has 0 aliphatic carbocycles. The van der Waals surface area contributed by atoms with Crippen LogP contribution in [0.3, 0.4) is 0 Å². The quantitative estimate of drug-likeness (QED) is 0.160. The molecule has 4 aromatic carbocycles. The van der Waals surface area contributed by atoms with E-state index in [0.717, 1.165) is 11.1 Å². The second kappa shape index (κ2) is 15.1. The van der Waals surface area contributed by atoms with E-state index in [1.54, 1.807) is 77.7 Å². The third-order valence-corrected chi connectivity index (χ3v) is 7.11. The molecule has 226 valence electrons. The molecule has 0 bridgehead atoms. The Balaban J connectivity index is 1.21. The molecule has 0 spiro atoms. The first kappa shape index (κ1) is 30.6. The fourth-order valence-electron chi connectivity index (χ4n) is 4.80. The summed E-state index contributed by atoms with van der Waals surface area (Å²) in [6, 6.07) is 31.6. The molecule has 1 heterocycles. The van der Waals surface area contributed by atoms with Gasteiger partial charge in [-0.25, -0.2) is 9.78 Å². The molecule has 1 unspecified atom stereocenters. The summed E-state index contributed by atoms with van der Waals surface area (Å²) in [5.41, 5.74) is 3.39. The van der Waals surface area contributed by atoms with Gasteiger partial charge in [0.2, 0.25) is 0 Å². The highest BCUT2D eigenvalue weighted by Crippen LogP contribution is 2.22. The maximum atomic E-state index is 13.2. The molecule has 0 fully saturated rings. The van der Waals surface area contributed by atoms with E-state index in [0.29, 0.717) is 35.7 Å². The lowest BCUT2D eigenvalue weighted by Gasteiger charge is -2.22. The summed E-state index contributed by atoms with van der Waals surface area (Å²) in [6.45, 7) is 0.948. The Hall–Kier alpha value is -5.83. The summed E-state index contributed by atoms with van der Waals surface area (Å²) < 4.78 is 5.95. The van der Waals surface area contributed by atoms with E-state index >= 15 is 0 Å². The number of anilines is 1. The van der Waals surface area contributed by atoms with Gasteiger partial charge < -0.3 is 20.1 Å². The van der Waals surface area contributed by atoms with Crippen LogP contribution in [0.25, 0.3) is 0 Å². The van der Waals surface area contributed by atoms with Gasteiger partial charge in [-0.05, 0) is 35.4 Å². The van der Waals surface area contributed by atoms with Crippen LogP contribution in [0.4, 0.5) is 5.69 Å². The van der Waals surface area contributed by atoms with Gasteiger partial charge in [0.15, 0.2) is 5.78 Å². The number of nitrogens with zero attached hydrogens (tertiary/aromatic N) is 3. The number of ketones is 1. The van der Waals surface area contributed by atoms with Crippen molar-refractivity contribution in [2.24, 2.45) is 0 Å². The maximum absolute atomic E-state index is 13.2. The number of aliphatic carboxylic acids is 1. The molecule has 0 saturated carbocycles. The summed E-state index contributed by atoms with van der Waals surface area (Å²) in [4.78, 5) is 48.3. The summed E-state index contributed by atoms with van der Waals surface area (Å²) in [7, 11) is 0. The summed E-state index contributed by atoms with van der Waals surface area (Å²) in [6.07, 6.45) is 4.63. The van der Waals surface area contributed by atoms with Gasteiger partial charge in [0.25, 0.3) is 5.91 Å². The first-order chi connectivity index (χ1) is 22.0. The second-order valence-electron chi connectivity index (χ2n) is 10.3. The number of amides is 1. The molecule has 9 nitrogen and oxygen atoms in total. The number of hydrogen-bond donors (Lipinski definition) is 2. The number of para-hydroxylation sites is 1. The van der Waals surface area contributed by atoms with Crippen LogP contribution in [0.1, 0.15) is 37.5 Å². The molecule has 1 atom stereocenters. The van der Waals surface area contributed by atoms with Crippen molar-refractivity contribution in [3.63, 3.8) is 0 Å². The van der Waals surface area contributed by atoms with Crippen molar-refractivity contribution < 1.29 is 24.2 Å². The Kier molecular flexibility index (Phi) is 10.3. The van der Waals surface area contributed by atoms with Gasteiger partial charge >= 0.3 is 5.97 Å². The Morgan fingerprint density at radius 2 is 1.49 bits per heavy atom. The van der Waals surface area contributed by atoms with Gasteiger partial charge in [0.05, 0.1) is 12.7 Å². The molecule has 0 aliphatic heterocycles. The largest absolute Gasteiger partial charge is 0.492 e. The average molecular weight is 601 g/mol. The zero-order valence-corrected chi connectivity index (χ0v) is 24.5. The first-order valence-electron chi connectivity index (χ1n) is 14.5. The number of hydrogen-bond acceptors (Lipinski definition) is 7. The number of nitrogens with one attached hydrogen (secondary N) is 1. The van der Waals surface area contributed by atoms with Crippen LogP contribution in [0.15, 0.2) is 128 Å². The molecule has 1 amide bonds. The Morgan fingerprint density at radius 1 is 0.800 bits per heavy atom. The van der Waals surface area contributed by atoms with Gasteiger partial charge in [-0.2, -0.15) is 0 Å². The van der Waals surface area contributed by atoms with Gasteiger partial charge in [-0.3, -0.25) is 14.6 Å². The molecule has 9 heteroatoms. The van der Waals surface area contributed by atoms with Crippen molar-refractivity contribution in [3.8, 4) is 5.75 Å². The minimum absolute atomic E-state index is 0.181. The van der Waals surface area contributed by atoms with E-state index in [1.807, 2.05) is 36.4 Å². The van der Waals surface area contributed by atoms with Gasteiger partial charge in [0.1, 0.15) is 24.1 Å². The molecule has 0 radical (unpaired) electrons. The zero-order valence-electron chi connectivity index (χ0n) is 24.5. The van der Waals surface area contributed by atoms with Crippen LogP contribution >= 0.6 is 0 Å². The third-order valence-electron chi connectivity index (χ3n) is 7.11. The fraction of sp³-hybridized carbons (Fsp3) is 0.139. The zero-order chi connectivity index (χ0) is 31.4. The van der Waals surface area contributed by atoms with Crippen LogP contribution in [-0.2, 0) is 17.8 Å². The normalized spacial score (nSPS) is 11.3. The highest BCUT2D eigenvalue weighted by Gasteiger charge is 2.22. The van der Waals surface area contributed by atoms with Crippen LogP contribution < -0.4 is 10.1 Å². The van der Waals surface area contributed by atoms with Crippen LogP contribution in [0.5, 0.6) is 5.75 Å². The molecular weight excluding hydrogens is 568 g/mol.